The van der Waals surface area contributed by atoms with Crippen molar-refractivity contribution >= 4 is 51.6 Å². The number of nitrogens with one attached hydrogen (secondary N) is 2. The molecule has 1 amide bonds. The number of halogens is 1. The second-order valence-electron chi connectivity index (χ2n) is 6.77. The average Bonchev–Trinajstić information content (AvgIpc) is 3.13. The van der Waals surface area contributed by atoms with Gasteiger partial charge in [-0.05, 0) is 60.6 Å². The van der Waals surface area contributed by atoms with Crippen LogP contribution in [0.15, 0.2) is 71.1 Å². The predicted octanol–water partition coefficient (Wildman–Crippen LogP) is 5.51. The lowest BCUT2D eigenvalue weighted by atomic mass is 10.1. The Kier molecular flexibility index (Phi) is 5.79. The summed E-state index contributed by atoms with van der Waals surface area (Å²) in [5, 5.41) is 6.65. The lowest BCUT2D eigenvalue weighted by Crippen LogP contribution is -2.35. The molecule has 0 saturated heterocycles. The molecule has 7 heteroatoms. The lowest BCUT2D eigenvalue weighted by Gasteiger charge is -2.13. The van der Waals surface area contributed by atoms with Crippen molar-refractivity contribution in [2.45, 2.75) is 13.3 Å². The van der Waals surface area contributed by atoms with E-state index in [2.05, 4.69) is 15.6 Å². The van der Waals surface area contributed by atoms with Gasteiger partial charge in [0.1, 0.15) is 5.52 Å². The van der Waals surface area contributed by atoms with E-state index in [0.29, 0.717) is 22.0 Å². The lowest BCUT2D eigenvalue weighted by molar-refractivity contribution is -0.119. The number of hydrogen-bond donors (Lipinski definition) is 2. The Morgan fingerprint density at radius 3 is 2.70 bits per heavy atom. The summed E-state index contributed by atoms with van der Waals surface area (Å²) >= 11 is 11.4. The number of aromatic nitrogens is 1. The van der Waals surface area contributed by atoms with Gasteiger partial charge in [0.25, 0.3) is 0 Å². The summed E-state index contributed by atoms with van der Waals surface area (Å²) in [6, 6.07) is 20.5. The Morgan fingerprint density at radius 1 is 1.10 bits per heavy atom. The van der Waals surface area contributed by atoms with Crippen molar-refractivity contribution < 1.29 is 9.21 Å². The van der Waals surface area contributed by atoms with Crippen LogP contribution < -0.4 is 10.6 Å². The number of nitrogens with zero attached hydrogens (tertiary/aromatic N) is 1. The monoisotopic (exact) mass is 435 g/mol. The van der Waals surface area contributed by atoms with E-state index in [1.165, 1.54) is 0 Å². The van der Waals surface area contributed by atoms with Gasteiger partial charge >= 0.3 is 0 Å². The molecule has 0 fully saturated rings. The van der Waals surface area contributed by atoms with Crippen molar-refractivity contribution in [2.24, 2.45) is 0 Å². The van der Waals surface area contributed by atoms with E-state index in [4.69, 9.17) is 28.2 Å². The zero-order chi connectivity index (χ0) is 21.1. The second kappa shape index (κ2) is 8.65. The quantitative estimate of drug-likeness (QED) is 0.413. The fraction of sp³-hybridized carbons (Fsp3) is 0.0870. The normalized spacial score (nSPS) is 10.7. The van der Waals surface area contributed by atoms with Crippen LogP contribution in [0.2, 0.25) is 5.02 Å². The van der Waals surface area contributed by atoms with E-state index < -0.39 is 0 Å². The number of carbonyl (C=O) groups is 1. The number of anilines is 1. The Bertz CT molecular complexity index is 1240. The number of amides is 1. The molecular weight excluding hydrogens is 418 g/mol. The van der Waals surface area contributed by atoms with E-state index in [9.17, 15) is 4.79 Å². The minimum absolute atomic E-state index is 0.177. The number of thiocarbonyl (C=S) groups is 1. The predicted molar refractivity (Wildman–Crippen MR) is 124 cm³/mol. The smallest absolute Gasteiger partial charge is 0.230 e. The van der Waals surface area contributed by atoms with Crippen molar-refractivity contribution in [3.8, 4) is 11.5 Å². The van der Waals surface area contributed by atoms with E-state index in [0.717, 1.165) is 22.4 Å². The molecular formula is C23H18ClN3O2S. The summed E-state index contributed by atoms with van der Waals surface area (Å²) in [5.74, 6) is 0.316. The van der Waals surface area contributed by atoms with Crippen molar-refractivity contribution in [3.05, 3.63) is 82.9 Å². The number of oxazole rings is 1. The zero-order valence-electron chi connectivity index (χ0n) is 16.1. The highest BCUT2D eigenvalue weighted by Crippen LogP contribution is 2.31. The van der Waals surface area contributed by atoms with Gasteiger partial charge in [-0.1, -0.05) is 48.0 Å². The SMILES string of the molecule is Cc1c(NC(=S)NC(=O)Cc2ccccc2)cccc1-c1nc2cc(Cl)ccc2o1. The first-order valence-corrected chi connectivity index (χ1v) is 10.1. The fourth-order valence-corrected chi connectivity index (χ4v) is 3.51. The van der Waals surface area contributed by atoms with E-state index >= 15 is 0 Å². The largest absolute Gasteiger partial charge is 0.436 e. The van der Waals surface area contributed by atoms with Crippen molar-refractivity contribution in [1.82, 2.24) is 10.3 Å². The molecule has 0 bridgehead atoms. The van der Waals surface area contributed by atoms with Gasteiger partial charge in [-0.3, -0.25) is 4.79 Å². The van der Waals surface area contributed by atoms with Crippen LogP contribution >= 0.6 is 23.8 Å². The molecule has 1 aromatic heterocycles. The van der Waals surface area contributed by atoms with Gasteiger partial charge in [0.15, 0.2) is 10.7 Å². The van der Waals surface area contributed by atoms with Crippen LogP contribution in [0.1, 0.15) is 11.1 Å². The minimum atomic E-state index is -0.177. The molecule has 0 aliphatic carbocycles. The molecule has 0 aliphatic heterocycles. The highest BCUT2D eigenvalue weighted by Gasteiger charge is 2.14. The van der Waals surface area contributed by atoms with Gasteiger partial charge in [0, 0.05) is 16.3 Å². The van der Waals surface area contributed by atoms with Gasteiger partial charge < -0.3 is 15.1 Å². The summed E-state index contributed by atoms with van der Waals surface area (Å²) in [6.07, 6.45) is 0.257. The van der Waals surface area contributed by atoms with Crippen LogP contribution in [-0.2, 0) is 11.2 Å². The molecule has 2 N–H and O–H groups in total. The summed E-state index contributed by atoms with van der Waals surface area (Å²) < 4.78 is 5.88. The van der Waals surface area contributed by atoms with Gasteiger partial charge in [-0.15, -0.1) is 0 Å². The van der Waals surface area contributed by atoms with Crippen molar-refractivity contribution in [2.75, 3.05) is 5.32 Å². The molecule has 30 heavy (non-hydrogen) atoms. The molecule has 0 unspecified atom stereocenters. The highest BCUT2D eigenvalue weighted by molar-refractivity contribution is 7.80. The summed E-state index contributed by atoms with van der Waals surface area (Å²) in [5.41, 5.74) is 4.76. The minimum Gasteiger partial charge on any atom is -0.436 e. The molecule has 0 spiro atoms. The standard InChI is InChI=1S/C23H18ClN3O2S/c1-14-17(22-25-19-13-16(24)10-11-20(19)29-22)8-5-9-18(14)26-23(30)27-21(28)12-15-6-3-2-4-7-15/h2-11,13H,12H2,1H3,(H2,26,27,28,30). The molecule has 0 saturated carbocycles. The Hall–Kier alpha value is -3.22. The number of rotatable bonds is 4. The maximum Gasteiger partial charge on any atom is 0.230 e. The third kappa shape index (κ3) is 4.50. The van der Waals surface area contributed by atoms with Crippen LogP contribution in [0.3, 0.4) is 0 Å². The molecule has 0 aliphatic rings. The van der Waals surface area contributed by atoms with Crippen LogP contribution in [0, 0.1) is 6.92 Å². The first kappa shape index (κ1) is 20.1. The maximum absolute atomic E-state index is 12.2. The van der Waals surface area contributed by atoms with Crippen LogP contribution in [0.4, 0.5) is 5.69 Å². The molecule has 4 rings (SSSR count). The maximum atomic E-state index is 12.2. The van der Waals surface area contributed by atoms with Gasteiger partial charge in [-0.25, -0.2) is 4.98 Å². The second-order valence-corrected chi connectivity index (χ2v) is 7.62. The van der Waals surface area contributed by atoms with Gasteiger partial charge in [-0.2, -0.15) is 0 Å². The molecule has 1 heterocycles. The Morgan fingerprint density at radius 2 is 1.90 bits per heavy atom. The molecule has 4 aromatic rings. The number of carbonyl (C=O) groups excluding carboxylic acids is 1. The van der Waals surface area contributed by atoms with Crippen LogP contribution in [0.25, 0.3) is 22.6 Å². The third-order valence-electron chi connectivity index (χ3n) is 4.62. The summed E-state index contributed by atoms with van der Waals surface area (Å²) in [6.45, 7) is 1.94. The van der Waals surface area contributed by atoms with Crippen molar-refractivity contribution in [1.29, 1.82) is 0 Å². The topological polar surface area (TPSA) is 67.2 Å². The molecule has 5 nitrogen and oxygen atoms in total. The Labute approximate surface area is 184 Å². The number of benzene rings is 3. The molecule has 3 aromatic carbocycles. The van der Waals surface area contributed by atoms with Crippen molar-refractivity contribution in [3.63, 3.8) is 0 Å². The van der Waals surface area contributed by atoms with Crippen LogP contribution in [-0.4, -0.2) is 16.0 Å². The molecule has 150 valence electrons. The van der Waals surface area contributed by atoms with Gasteiger partial charge in [0.05, 0.1) is 6.42 Å². The molecule has 0 radical (unpaired) electrons. The van der Waals surface area contributed by atoms with E-state index in [1.807, 2.05) is 55.5 Å². The number of fused-ring (bicyclic) bond motifs is 1. The van der Waals surface area contributed by atoms with Crippen LogP contribution in [0.5, 0.6) is 0 Å². The third-order valence-corrected chi connectivity index (χ3v) is 5.06. The Balaban J connectivity index is 1.49. The summed E-state index contributed by atoms with van der Waals surface area (Å²) in [7, 11) is 0. The molecule has 0 atom stereocenters. The van der Waals surface area contributed by atoms with E-state index in [-0.39, 0.29) is 17.4 Å². The zero-order valence-corrected chi connectivity index (χ0v) is 17.7. The summed E-state index contributed by atoms with van der Waals surface area (Å²) in [4.78, 5) is 16.8. The average molecular weight is 436 g/mol. The first-order chi connectivity index (χ1) is 14.5. The van der Waals surface area contributed by atoms with Gasteiger partial charge in [0.2, 0.25) is 11.8 Å². The first-order valence-electron chi connectivity index (χ1n) is 9.30. The number of hydrogen-bond acceptors (Lipinski definition) is 4. The fourth-order valence-electron chi connectivity index (χ4n) is 3.12. The highest BCUT2D eigenvalue weighted by atomic mass is 35.5. The van der Waals surface area contributed by atoms with E-state index in [1.54, 1.807) is 18.2 Å².